The number of aromatic carboxylic acids is 1. The zero-order valence-electron chi connectivity index (χ0n) is 11.9. The molecule has 7 nitrogen and oxygen atoms in total. The second-order valence-corrected chi connectivity index (χ2v) is 5.52. The fourth-order valence-electron chi connectivity index (χ4n) is 1.42. The second kappa shape index (κ2) is 7.07. The lowest BCUT2D eigenvalue weighted by molar-refractivity contribution is -0.129. The largest absolute Gasteiger partial charge is 0.478 e. The molecule has 0 saturated carbocycles. The molecule has 0 spiro atoms. The highest BCUT2D eigenvalue weighted by Gasteiger charge is 2.15. The van der Waals surface area contributed by atoms with Crippen LogP contribution in [-0.4, -0.2) is 60.5 Å². The minimum Gasteiger partial charge on any atom is -0.478 e. The normalized spacial score (nSPS) is 9.90. The second-order valence-electron chi connectivity index (χ2n) is 4.61. The number of carbonyl (C=O) groups is 3. The van der Waals surface area contributed by atoms with Gasteiger partial charge in [0, 0.05) is 31.3 Å². The molecule has 0 saturated heterocycles. The fraction of sp³-hybridized carbons (Fsp3) is 0.308. The lowest BCUT2D eigenvalue weighted by atomic mass is 10.2. The number of hydrogen-bond donors (Lipinski definition) is 2. The van der Waals surface area contributed by atoms with Gasteiger partial charge in [-0.3, -0.25) is 4.79 Å². The molecule has 8 heteroatoms. The molecule has 0 heterocycles. The van der Waals surface area contributed by atoms with Crippen LogP contribution in [0.25, 0.3) is 0 Å². The minimum atomic E-state index is -1.09. The summed E-state index contributed by atoms with van der Waals surface area (Å²) in [6.07, 6.45) is 0. The predicted molar refractivity (Wildman–Crippen MR) is 81.4 cm³/mol. The minimum absolute atomic E-state index is 0.0479. The van der Waals surface area contributed by atoms with Gasteiger partial charge in [0.2, 0.25) is 5.91 Å². The quantitative estimate of drug-likeness (QED) is 0.857. The number of amides is 3. The molecule has 0 aliphatic rings. The number of nitrogens with one attached hydrogen (secondary N) is 1. The van der Waals surface area contributed by atoms with E-state index in [1.807, 2.05) is 0 Å². The van der Waals surface area contributed by atoms with Crippen molar-refractivity contribution in [3.8, 4) is 0 Å². The molecule has 0 radical (unpaired) electrons. The zero-order chi connectivity index (χ0) is 16.2. The highest BCUT2D eigenvalue weighted by Crippen LogP contribution is 2.20. The van der Waals surface area contributed by atoms with Crippen LogP contribution in [0.3, 0.4) is 0 Å². The third kappa shape index (κ3) is 5.07. The van der Waals surface area contributed by atoms with Crippen molar-refractivity contribution in [1.82, 2.24) is 9.80 Å². The van der Waals surface area contributed by atoms with Gasteiger partial charge in [0.1, 0.15) is 6.54 Å². The monoisotopic (exact) mass is 357 g/mol. The fourth-order valence-corrected chi connectivity index (χ4v) is 1.91. The molecule has 0 aromatic heterocycles. The number of nitrogens with zero attached hydrogens (tertiary/aromatic N) is 2. The van der Waals surface area contributed by atoms with E-state index in [-0.39, 0.29) is 18.0 Å². The number of carboxylic acid groups (broad SMARTS) is 1. The van der Waals surface area contributed by atoms with E-state index in [1.54, 1.807) is 20.2 Å². The molecule has 0 atom stereocenters. The van der Waals surface area contributed by atoms with Crippen molar-refractivity contribution in [2.75, 3.05) is 33.0 Å². The van der Waals surface area contributed by atoms with Crippen molar-refractivity contribution in [2.45, 2.75) is 0 Å². The van der Waals surface area contributed by atoms with E-state index in [0.29, 0.717) is 10.2 Å². The predicted octanol–water partition coefficient (Wildman–Crippen LogP) is 1.70. The Morgan fingerprint density at radius 1 is 1.19 bits per heavy atom. The van der Waals surface area contributed by atoms with Crippen LogP contribution in [0.15, 0.2) is 22.7 Å². The molecular weight excluding hydrogens is 342 g/mol. The first-order chi connectivity index (χ1) is 9.70. The molecule has 0 bridgehead atoms. The van der Waals surface area contributed by atoms with E-state index in [1.165, 1.54) is 29.0 Å². The number of carbonyl (C=O) groups excluding carboxylic acids is 2. The number of halogens is 1. The van der Waals surface area contributed by atoms with Crippen molar-refractivity contribution >= 4 is 39.5 Å². The summed E-state index contributed by atoms with van der Waals surface area (Å²) < 4.78 is 0.532. The van der Waals surface area contributed by atoms with Crippen LogP contribution in [-0.2, 0) is 4.79 Å². The topological polar surface area (TPSA) is 90.0 Å². The van der Waals surface area contributed by atoms with Crippen molar-refractivity contribution in [3.63, 3.8) is 0 Å². The van der Waals surface area contributed by atoms with Gasteiger partial charge in [0.15, 0.2) is 0 Å². The molecule has 0 unspecified atom stereocenters. The average molecular weight is 358 g/mol. The maximum Gasteiger partial charge on any atom is 0.335 e. The summed E-state index contributed by atoms with van der Waals surface area (Å²) in [6.45, 7) is -0.0708. The van der Waals surface area contributed by atoms with Crippen molar-refractivity contribution in [1.29, 1.82) is 0 Å². The van der Waals surface area contributed by atoms with Crippen LogP contribution >= 0.6 is 15.9 Å². The third-order valence-corrected chi connectivity index (χ3v) is 3.07. The Bertz CT molecular complexity index is 575. The maximum atomic E-state index is 11.9. The smallest absolute Gasteiger partial charge is 0.335 e. The molecule has 0 aliphatic heterocycles. The number of likely N-dealkylation sites (N-methyl/N-ethyl adjacent to an activating group) is 2. The Labute approximate surface area is 130 Å². The van der Waals surface area contributed by atoms with Crippen LogP contribution in [0.1, 0.15) is 10.4 Å². The molecule has 1 aromatic carbocycles. The molecule has 21 heavy (non-hydrogen) atoms. The Morgan fingerprint density at radius 2 is 1.81 bits per heavy atom. The summed E-state index contributed by atoms with van der Waals surface area (Å²) in [5, 5.41) is 11.5. The third-order valence-electron chi connectivity index (χ3n) is 2.61. The van der Waals surface area contributed by atoms with Crippen LogP contribution in [0.4, 0.5) is 10.5 Å². The molecule has 114 valence electrons. The first-order valence-electron chi connectivity index (χ1n) is 5.97. The summed E-state index contributed by atoms with van der Waals surface area (Å²) >= 11 is 3.18. The van der Waals surface area contributed by atoms with Gasteiger partial charge in [-0.15, -0.1) is 0 Å². The number of urea groups is 1. The summed E-state index contributed by atoms with van der Waals surface area (Å²) in [5.41, 5.74) is 0.377. The van der Waals surface area contributed by atoms with E-state index in [4.69, 9.17) is 5.11 Å². The average Bonchev–Trinajstić information content (AvgIpc) is 2.37. The number of carboxylic acids is 1. The van der Waals surface area contributed by atoms with Crippen LogP contribution in [0, 0.1) is 0 Å². The Hall–Kier alpha value is -2.09. The molecule has 2 N–H and O–H groups in total. The van der Waals surface area contributed by atoms with E-state index < -0.39 is 12.0 Å². The molecule has 0 fully saturated rings. The first kappa shape index (κ1) is 17.0. The van der Waals surface area contributed by atoms with Gasteiger partial charge in [-0.25, -0.2) is 9.59 Å². The lowest BCUT2D eigenvalue weighted by Gasteiger charge is -2.20. The molecule has 0 aliphatic carbocycles. The molecule has 1 aromatic rings. The van der Waals surface area contributed by atoms with E-state index in [9.17, 15) is 14.4 Å². The van der Waals surface area contributed by atoms with E-state index in [0.717, 1.165) is 0 Å². The Kier molecular flexibility index (Phi) is 5.71. The van der Waals surface area contributed by atoms with Gasteiger partial charge < -0.3 is 20.2 Å². The van der Waals surface area contributed by atoms with Gasteiger partial charge in [0.05, 0.1) is 5.56 Å². The summed E-state index contributed by atoms with van der Waals surface area (Å²) in [4.78, 5) is 37.0. The molecule has 3 amide bonds. The summed E-state index contributed by atoms with van der Waals surface area (Å²) in [5.74, 6) is -1.31. The number of benzene rings is 1. The van der Waals surface area contributed by atoms with Gasteiger partial charge in [0.25, 0.3) is 0 Å². The highest BCUT2D eigenvalue weighted by molar-refractivity contribution is 9.10. The highest BCUT2D eigenvalue weighted by atomic mass is 79.9. The lowest BCUT2D eigenvalue weighted by Crippen LogP contribution is -2.39. The first-order valence-corrected chi connectivity index (χ1v) is 6.76. The van der Waals surface area contributed by atoms with E-state index >= 15 is 0 Å². The standard InChI is InChI=1S/C13H16BrN3O4/c1-16(2)11(18)7-17(3)13(21)15-10-5-8(12(19)20)4-9(14)6-10/h4-6H,7H2,1-3H3,(H,15,21)(H,19,20). The Morgan fingerprint density at radius 3 is 2.33 bits per heavy atom. The van der Waals surface area contributed by atoms with Crippen LogP contribution in [0.2, 0.25) is 0 Å². The molecular formula is C13H16BrN3O4. The zero-order valence-corrected chi connectivity index (χ0v) is 13.5. The van der Waals surface area contributed by atoms with Gasteiger partial charge in [-0.2, -0.15) is 0 Å². The number of rotatable bonds is 4. The van der Waals surface area contributed by atoms with Gasteiger partial charge in [-0.1, -0.05) is 15.9 Å². The Balaban J connectivity index is 2.79. The summed E-state index contributed by atoms with van der Waals surface area (Å²) in [6, 6.07) is 3.84. The number of hydrogen-bond acceptors (Lipinski definition) is 3. The van der Waals surface area contributed by atoms with Crippen molar-refractivity contribution in [2.24, 2.45) is 0 Å². The van der Waals surface area contributed by atoms with Crippen LogP contribution < -0.4 is 5.32 Å². The van der Waals surface area contributed by atoms with Crippen LogP contribution in [0.5, 0.6) is 0 Å². The van der Waals surface area contributed by atoms with Gasteiger partial charge >= 0.3 is 12.0 Å². The van der Waals surface area contributed by atoms with Crippen molar-refractivity contribution in [3.05, 3.63) is 28.2 Å². The maximum absolute atomic E-state index is 11.9. The van der Waals surface area contributed by atoms with Crippen molar-refractivity contribution < 1.29 is 19.5 Å². The molecule has 1 rings (SSSR count). The van der Waals surface area contributed by atoms with E-state index in [2.05, 4.69) is 21.2 Å². The van der Waals surface area contributed by atoms with Gasteiger partial charge in [-0.05, 0) is 18.2 Å². The number of anilines is 1. The SMILES string of the molecule is CN(C)C(=O)CN(C)C(=O)Nc1cc(Br)cc(C(=O)O)c1. The summed E-state index contributed by atoms with van der Waals surface area (Å²) in [7, 11) is 4.68.